The first-order valence-electron chi connectivity index (χ1n) is 9.40. The smallest absolute Gasteiger partial charge is 0.239 e. The van der Waals surface area contributed by atoms with E-state index in [4.69, 9.17) is 0 Å². The second-order valence-electron chi connectivity index (χ2n) is 6.64. The minimum Gasteiger partial charge on any atom is -0.354 e. The van der Waals surface area contributed by atoms with Gasteiger partial charge in [0.2, 0.25) is 29.5 Å². The third kappa shape index (κ3) is 8.28. The zero-order valence-corrected chi connectivity index (χ0v) is 16.3. The van der Waals surface area contributed by atoms with Crippen molar-refractivity contribution in [1.82, 2.24) is 20.9 Å². The minimum atomic E-state index is -0.521. The Morgan fingerprint density at radius 2 is 1.57 bits per heavy atom. The summed E-state index contributed by atoms with van der Waals surface area (Å²) < 4.78 is 0. The molecule has 28 heavy (non-hydrogen) atoms. The van der Waals surface area contributed by atoms with Gasteiger partial charge in [0.25, 0.3) is 0 Å². The first-order valence-corrected chi connectivity index (χ1v) is 9.40. The number of likely N-dealkylation sites (tertiary alicyclic amines) is 1. The molecular weight excluding hydrogens is 368 g/mol. The molecule has 0 saturated carbocycles. The highest BCUT2D eigenvalue weighted by atomic mass is 16.2. The summed E-state index contributed by atoms with van der Waals surface area (Å²) >= 11 is 0. The summed E-state index contributed by atoms with van der Waals surface area (Å²) in [5, 5.41) is 7.28. The number of Topliss-reactive ketones (excluding diaryl/α,β-unsaturated/α-hetero) is 1. The number of carbonyl (C=O) groups excluding carboxylic acids is 6. The van der Waals surface area contributed by atoms with Crippen LogP contribution >= 0.6 is 0 Å². The van der Waals surface area contributed by atoms with Crippen molar-refractivity contribution in [3.8, 4) is 0 Å². The lowest BCUT2D eigenvalue weighted by molar-refractivity contribution is -0.139. The van der Waals surface area contributed by atoms with Gasteiger partial charge in [0, 0.05) is 44.7 Å². The fourth-order valence-electron chi connectivity index (χ4n) is 2.57. The van der Waals surface area contributed by atoms with Crippen LogP contribution in [0.15, 0.2) is 0 Å². The average Bonchev–Trinajstić information content (AvgIpc) is 2.90. The zero-order chi connectivity index (χ0) is 21.1. The molecule has 1 fully saturated rings. The van der Waals surface area contributed by atoms with Crippen molar-refractivity contribution in [1.29, 1.82) is 0 Å². The van der Waals surface area contributed by atoms with Crippen LogP contribution in [-0.2, 0) is 28.8 Å². The monoisotopic (exact) mass is 396 g/mol. The Kier molecular flexibility index (Phi) is 9.83. The molecule has 3 N–H and O–H groups in total. The molecule has 0 aliphatic carbocycles. The van der Waals surface area contributed by atoms with E-state index in [0.29, 0.717) is 12.8 Å². The number of carbonyl (C=O) groups is 6. The molecular formula is C18H28N4O6. The molecule has 0 aromatic heterocycles. The summed E-state index contributed by atoms with van der Waals surface area (Å²) in [6, 6.07) is 0. The molecule has 156 valence electrons. The number of ketones is 1. The van der Waals surface area contributed by atoms with E-state index < -0.39 is 11.8 Å². The van der Waals surface area contributed by atoms with Gasteiger partial charge in [-0.2, -0.15) is 0 Å². The normalized spacial score (nSPS) is 16.1. The molecule has 5 amide bonds. The molecule has 10 heteroatoms. The molecule has 1 atom stereocenters. The Labute approximate surface area is 163 Å². The third-order valence-electron chi connectivity index (χ3n) is 4.27. The molecule has 0 spiro atoms. The lowest BCUT2D eigenvalue weighted by atomic mass is 10.1. The molecule has 0 aromatic carbocycles. The van der Waals surface area contributed by atoms with Gasteiger partial charge in [-0.3, -0.25) is 33.7 Å². The van der Waals surface area contributed by atoms with E-state index in [1.165, 1.54) is 0 Å². The Balaban J connectivity index is 2.12. The lowest BCUT2D eigenvalue weighted by Gasteiger charge is -2.13. The molecule has 1 aliphatic rings. The van der Waals surface area contributed by atoms with Crippen LogP contribution in [0.3, 0.4) is 0 Å². The summed E-state index contributed by atoms with van der Waals surface area (Å²) in [6.45, 7) is 3.31. The largest absolute Gasteiger partial charge is 0.354 e. The maximum atomic E-state index is 11.8. The summed E-state index contributed by atoms with van der Waals surface area (Å²) in [6.07, 6.45) is 1.25. The van der Waals surface area contributed by atoms with E-state index in [0.717, 1.165) is 4.90 Å². The van der Waals surface area contributed by atoms with E-state index in [-0.39, 0.29) is 74.9 Å². The Morgan fingerprint density at radius 1 is 0.964 bits per heavy atom. The molecule has 1 saturated heterocycles. The molecule has 1 rings (SSSR count). The fraction of sp³-hybridized carbons (Fsp3) is 0.667. The number of rotatable bonds is 12. The van der Waals surface area contributed by atoms with Crippen molar-refractivity contribution < 1.29 is 28.8 Å². The number of hydrogen-bond acceptors (Lipinski definition) is 6. The molecule has 10 nitrogen and oxygen atoms in total. The van der Waals surface area contributed by atoms with Gasteiger partial charge in [-0.1, -0.05) is 13.8 Å². The number of amides is 5. The standard InChI is InChI=1S/C18H28N4O6/c1-3-13(23)6-7-19-15(25)10-21-16(26)11-20-14(24)5-4-8-22-17(27)9-12(2)18(22)28/h12H,3-11H2,1-2H3,(H,19,25)(H,20,24)(H,21,26). The molecule has 0 radical (unpaired) electrons. The van der Waals surface area contributed by atoms with Crippen LogP contribution in [0.25, 0.3) is 0 Å². The predicted octanol–water partition coefficient (Wildman–Crippen LogP) is -1.12. The zero-order valence-electron chi connectivity index (χ0n) is 16.3. The van der Waals surface area contributed by atoms with E-state index in [2.05, 4.69) is 16.0 Å². The van der Waals surface area contributed by atoms with E-state index in [1.54, 1.807) is 13.8 Å². The quantitative estimate of drug-likeness (QED) is 0.357. The Bertz CT molecular complexity index is 634. The third-order valence-corrected chi connectivity index (χ3v) is 4.27. The lowest BCUT2D eigenvalue weighted by Crippen LogP contribution is -2.42. The maximum absolute atomic E-state index is 11.8. The Morgan fingerprint density at radius 3 is 2.14 bits per heavy atom. The van der Waals surface area contributed by atoms with Gasteiger partial charge in [-0.15, -0.1) is 0 Å². The summed E-state index contributed by atoms with van der Waals surface area (Å²) in [4.78, 5) is 70.5. The molecule has 1 aliphatic heterocycles. The minimum absolute atomic E-state index is 0.0417. The number of imide groups is 1. The topological polar surface area (TPSA) is 142 Å². The Hall–Kier alpha value is -2.78. The van der Waals surface area contributed by atoms with Crippen molar-refractivity contribution in [3.05, 3.63) is 0 Å². The van der Waals surface area contributed by atoms with E-state index in [1.807, 2.05) is 0 Å². The molecule has 0 aromatic rings. The van der Waals surface area contributed by atoms with Gasteiger partial charge < -0.3 is 16.0 Å². The van der Waals surface area contributed by atoms with Crippen molar-refractivity contribution in [3.63, 3.8) is 0 Å². The van der Waals surface area contributed by atoms with Crippen molar-refractivity contribution in [2.45, 2.75) is 46.0 Å². The number of nitrogens with zero attached hydrogens (tertiary/aromatic N) is 1. The van der Waals surface area contributed by atoms with Crippen molar-refractivity contribution in [2.24, 2.45) is 5.92 Å². The summed E-state index contributed by atoms with van der Waals surface area (Å²) in [5.74, 6) is -2.04. The van der Waals surface area contributed by atoms with Gasteiger partial charge >= 0.3 is 0 Å². The van der Waals surface area contributed by atoms with Crippen LogP contribution in [0.2, 0.25) is 0 Å². The average molecular weight is 396 g/mol. The van der Waals surface area contributed by atoms with E-state index in [9.17, 15) is 28.8 Å². The highest BCUT2D eigenvalue weighted by molar-refractivity contribution is 6.03. The van der Waals surface area contributed by atoms with Gasteiger partial charge in [-0.05, 0) is 6.42 Å². The predicted molar refractivity (Wildman–Crippen MR) is 98.7 cm³/mol. The highest BCUT2D eigenvalue weighted by Gasteiger charge is 2.34. The van der Waals surface area contributed by atoms with Crippen LogP contribution in [0.4, 0.5) is 0 Å². The second-order valence-corrected chi connectivity index (χ2v) is 6.64. The summed E-state index contributed by atoms with van der Waals surface area (Å²) in [7, 11) is 0. The highest BCUT2D eigenvalue weighted by Crippen LogP contribution is 2.18. The van der Waals surface area contributed by atoms with Gasteiger partial charge in [-0.25, -0.2) is 0 Å². The first kappa shape index (κ1) is 23.3. The molecule has 1 unspecified atom stereocenters. The van der Waals surface area contributed by atoms with Crippen molar-refractivity contribution >= 4 is 35.3 Å². The number of hydrogen-bond donors (Lipinski definition) is 3. The van der Waals surface area contributed by atoms with Crippen LogP contribution in [0.5, 0.6) is 0 Å². The molecule has 1 heterocycles. The number of nitrogens with one attached hydrogen (secondary N) is 3. The SMILES string of the molecule is CCC(=O)CCNC(=O)CNC(=O)CNC(=O)CCCN1C(=O)CC(C)C1=O. The van der Waals surface area contributed by atoms with Crippen LogP contribution < -0.4 is 16.0 Å². The van der Waals surface area contributed by atoms with Crippen LogP contribution in [0.1, 0.15) is 46.0 Å². The maximum Gasteiger partial charge on any atom is 0.239 e. The first-order chi connectivity index (χ1) is 13.2. The second kappa shape index (κ2) is 11.8. The van der Waals surface area contributed by atoms with Gasteiger partial charge in [0.1, 0.15) is 5.78 Å². The summed E-state index contributed by atoms with van der Waals surface area (Å²) in [5.41, 5.74) is 0. The fourth-order valence-corrected chi connectivity index (χ4v) is 2.57. The van der Waals surface area contributed by atoms with E-state index >= 15 is 0 Å². The van der Waals surface area contributed by atoms with Crippen LogP contribution in [0, 0.1) is 5.92 Å². The molecule has 0 bridgehead atoms. The van der Waals surface area contributed by atoms with Crippen LogP contribution in [-0.4, -0.2) is 66.4 Å². The van der Waals surface area contributed by atoms with Crippen molar-refractivity contribution in [2.75, 3.05) is 26.2 Å². The van der Waals surface area contributed by atoms with Gasteiger partial charge in [0.05, 0.1) is 13.1 Å². The van der Waals surface area contributed by atoms with Gasteiger partial charge in [0.15, 0.2) is 0 Å².